The zero-order valence-electron chi connectivity index (χ0n) is 20.0. The van der Waals surface area contributed by atoms with Gasteiger partial charge in [0.2, 0.25) is 17.1 Å². The lowest BCUT2D eigenvalue weighted by molar-refractivity contribution is -0.144. The Morgan fingerprint density at radius 3 is 2.17 bits per heavy atom. The highest BCUT2D eigenvalue weighted by atomic mass is 28.4. The van der Waals surface area contributed by atoms with Gasteiger partial charge >= 0.3 is 0 Å². The van der Waals surface area contributed by atoms with Crippen LogP contribution >= 0.6 is 0 Å². The maximum Gasteiger partial charge on any atom is 0.244 e. The van der Waals surface area contributed by atoms with Crippen LogP contribution < -0.4 is 0 Å². The molecule has 0 saturated heterocycles. The van der Waals surface area contributed by atoms with Gasteiger partial charge < -0.3 is 18.6 Å². The van der Waals surface area contributed by atoms with E-state index in [-0.39, 0.29) is 29.1 Å². The average molecular weight is 425 g/mol. The monoisotopic (exact) mass is 424 g/mol. The van der Waals surface area contributed by atoms with Crippen LogP contribution in [-0.4, -0.2) is 45.1 Å². The Bertz CT molecular complexity index is 684. The predicted molar refractivity (Wildman–Crippen MR) is 118 cm³/mol. The van der Waals surface area contributed by atoms with Crippen molar-refractivity contribution >= 4 is 14.1 Å². The van der Waals surface area contributed by atoms with Crippen molar-refractivity contribution in [1.29, 1.82) is 0 Å². The molecule has 0 radical (unpaired) electrons. The second-order valence-corrected chi connectivity index (χ2v) is 14.9. The van der Waals surface area contributed by atoms with Crippen LogP contribution in [0.15, 0.2) is 23.2 Å². The molecule has 0 amide bonds. The van der Waals surface area contributed by atoms with Gasteiger partial charge in [-0.2, -0.15) is 0 Å². The summed E-state index contributed by atoms with van der Waals surface area (Å²) in [5, 5.41) is -0.0479. The summed E-state index contributed by atoms with van der Waals surface area (Å²) in [4.78, 5) is 13.7. The lowest BCUT2D eigenvalue weighted by Gasteiger charge is -2.51. The molecule has 0 aliphatic heterocycles. The van der Waals surface area contributed by atoms with Crippen molar-refractivity contribution in [3.05, 3.63) is 23.2 Å². The molecule has 0 spiro atoms. The number of hydrogen-bond acceptors (Lipinski definition) is 5. The molecular formula is C23H40O5Si. The molecule has 2 rings (SSSR count). The molecule has 2 aliphatic carbocycles. The Kier molecular flexibility index (Phi) is 7.13. The average Bonchev–Trinajstić information content (AvgIpc) is 2.61. The van der Waals surface area contributed by atoms with E-state index in [4.69, 9.17) is 18.6 Å². The molecular weight excluding hydrogens is 384 g/mol. The zero-order chi connectivity index (χ0) is 22.2. The van der Waals surface area contributed by atoms with Crippen molar-refractivity contribution in [2.45, 2.75) is 110 Å². The smallest absolute Gasteiger partial charge is 0.244 e. The van der Waals surface area contributed by atoms with Gasteiger partial charge in [-0.25, -0.2) is 0 Å². The van der Waals surface area contributed by atoms with Crippen molar-refractivity contribution in [3.63, 3.8) is 0 Å². The van der Waals surface area contributed by atoms with E-state index in [1.165, 1.54) is 0 Å². The molecule has 29 heavy (non-hydrogen) atoms. The second kappa shape index (κ2) is 8.56. The molecule has 2 atom stereocenters. The molecule has 166 valence electrons. The Morgan fingerprint density at radius 1 is 1.10 bits per heavy atom. The quantitative estimate of drug-likeness (QED) is 0.379. The number of hydrogen-bond donors (Lipinski definition) is 0. The molecule has 0 fully saturated rings. The van der Waals surface area contributed by atoms with Gasteiger partial charge in [-0.1, -0.05) is 26.8 Å². The molecule has 0 bridgehead atoms. The summed E-state index contributed by atoms with van der Waals surface area (Å²) in [6.45, 7) is 18.7. The van der Waals surface area contributed by atoms with Crippen LogP contribution in [0.4, 0.5) is 0 Å². The Labute approximate surface area is 177 Å². The van der Waals surface area contributed by atoms with Crippen molar-refractivity contribution in [3.8, 4) is 0 Å². The Hall–Kier alpha value is -1.11. The summed E-state index contributed by atoms with van der Waals surface area (Å²) in [5.41, 5.74) is -0.230. The molecule has 0 N–H and O–H groups in total. The first-order valence-electron chi connectivity index (χ1n) is 10.8. The minimum atomic E-state index is -2.30. The SMILES string of the molecule is CO[C@H]1C=C([C@@]2(O[Si](C)(C)C(C)(C)C)C(=O)C(OC(C)C)=C2OC(C)C)CCC1. The maximum absolute atomic E-state index is 13.7. The molecule has 0 aromatic rings. The summed E-state index contributed by atoms with van der Waals surface area (Å²) >= 11 is 0. The van der Waals surface area contributed by atoms with Gasteiger partial charge in [-0.3, -0.25) is 4.79 Å². The van der Waals surface area contributed by atoms with E-state index in [2.05, 4.69) is 39.9 Å². The third kappa shape index (κ3) is 4.64. The standard InChI is InChI=1S/C23H40O5Si/c1-15(2)26-19-20(24)23(21(19)27-16(3)4,28-29(9,10)22(5,6)7)17-12-11-13-18(14-17)25-8/h14-16,18H,11-13H2,1-10H3/t18-,23-/m1/s1. The fraction of sp³-hybridized carbons (Fsp3) is 0.783. The molecule has 2 aliphatic rings. The van der Waals surface area contributed by atoms with Crippen molar-refractivity contribution < 1.29 is 23.4 Å². The van der Waals surface area contributed by atoms with E-state index in [9.17, 15) is 4.79 Å². The number of Topliss-reactive ketones (excluding diaryl/α,β-unsaturated/α-hetero) is 1. The molecule has 0 aromatic carbocycles. The van der Waals surface area contributed by atoms with E-state index in [0.717, 1.165) is 24.8 Å². The first-order chi connectivity index (χ1) is 13.3. The summed E-state index contributed by atoms with van der Waals surface area (Å²) in [7, 11) is -0.592. The van der Waals surface area contributed by atoms with Crippen LogP contribution in [0.5, 0.6) is 0 Å². The van der Waals surface area contributed by atoms with Gasteiger partial charge in [-0.05, 0) is 70.7 Å². The van der Waals surface area contributed by atoms with E-state index in [1.807, 2.05) is 27.7 Å². The van der Waals surface area contributed by atoms with Gasteiger partial charge in [0.05, 0.1) is 18.3 Å². The van der Waals surface area contributed by atoms with Crippen molar-refractivity contribution in [1.82, 2.24) is 0 Å². The number of carbonyl (C=O) groups is 1. The third-order valence-electron chi connectivity index (χ3n) is 6.05. The molecule has 0 unspecified atom stereocenters. The van der Waals surface area contributed by atoms with E-state index >= 15 is 0 Å². The minimum absolute atomic E-state index is 0.0122. The number of methoxy groups -OCH3 is 1. The first-order valence-corrected chi connectivity index (χ1v) is 13.7. The Morgan fingerprint density at radius 2 is 1.69 bits per heavy atom. The molecule has 0 aromatic heterocycles. The molecule has 0 saturated carbocycles. The van der Waals surface area contributed by atoms with Gasteiger partial charge in [0.1, 0.15) is 0 Å². The van der Waals surface area contributed by atoms with Crippen LogP contribution in [-0.2, 0) is 23.4 Å². The number of carbonyl (C=O) groups excluding carboxylic acids is 1. The summed E-state index contributed by atoms with van der Waals surface area (Å²) < 4.78 is 24.6. The highest BCUT2D eigenvalue weighted by molar-refractivity contribution is 6.74. The Balaban J connectivity index is 2.65. The topological polar surface area (TPSA) is 54.0 Å². The summed E-state index contributed by atoms with van der Waals surface area (Å²) in [6.07, 6.45) is 4.55. The van der Waals surface area contributed by atoms with Crippen LogP contribution in [0, 0.1) is 0 Å². The largest absolute Gasteiger partial charge is 0.487 e. The summed E-state index contributed by atoms with van der Waals surface area (Å²) in [5.74, 6) is 0.738. The zero-order valence-corrected chi connectivity index (χ0v) is 21.0. The highest BCUT2D eigenvalue weighted by Crippen LogP contribution is 2.52. The normalized spacial score (nSPS) is 26.0. The van der Waals surface area contributed by atoms with Crippen LogP contribution in [0.25, 0.3) is 0 Å². The van der Waals surface area contributed by atoms with Crippen molar-refractivity contribution in [2.24, 2.45) is 0 Å². The number of ketones is 1. The van der Waals surface area contributed by atoms with Gasteiger partial charge in [-0.15, -0.1) is 0 Å². The molecule has 0 heterocycles. The van der Waals surface area contributed by atoms with Gasteiger partial charge in [0, 0.05) is 7.11 Å². The van der Waals surface area contributed by atoms with Crippen molar-refractivity contribution in [2.75, 3.05) is 7.11 Å². The molecule has 6 heteroatoms. The number of rotatable bonds is 8. The fourth-order valence-corrected chi connectivity index (χ4v) is 4.92. The predicted octanol–water partition coefficient (Wildman–Crippen LogP) is 5.52. The fourth-order valence-electron chi connectivity index (χ4n) is 3.53. The minimum Gasteiger partial charge on any atom is -0.487 e. The lowest BCUT2D eigenvalue weighted by atomic mass is 9.73. The summed E-state index contributed by atoms with van der Waals surface area (Å²) in [6, 6.07) is 0. The van der Waals surface area contributed by atoms with E-state index in [1.54, 1.807) is 7.11 Å². The van der Waals surface area contributed by atoms with Crippen LogP contribution in [0.2, 0.25) is 18.1 Å². The highest BCUT2D eigenvalue weighted by Gasteiger charge is 2.64. The van der Waals surface area contributed by atoms with Crippen LogP contribution in [0.3, 0.4) is 0 Å². The maximum atomic E-state index is 13.7. The number of ether oxygens (including phenoxy) is 3. The third-order valence-corrected chi connectivity index (χ3v) is 10.5. The van der Waals surface area contributed by atoms with Gasteiger partial charge in [0.15, 0.2) is 14.1 Å². The lowest BCUT2D eigenvalue weighted by Crippen LogP contribution is -2.62. The van der Waals surface area contributed by atoms with E-state index < -0.39 is 13.9 Å². The first kappa shape index (κ1) is 24.2. The van der Waals surface area contributed by atoms with E-state index in [0.29, 0.717) is 11.5 Å². The molecule has 5 nitrogen and oxygen atoms in total. The van der Waals surface area contributed by atoms with Crippen LogP contribution in [0.1, 0.15) is 67.7 Å². The van der Waals surface area contributed by atoms with Gasteiger partial charge in [0.25, 0.3) is 0 Å². The second-order valence-electron chi connectivity index (χ2n) is 10.2.